The number of nitrogens with zero attached hydrogens (tertiary/aromatic N) is 1. The molecule has 2 rings (SSSR count). The third-order valence-electron chi connectivity index (χ3n) is 2.84. The Kier molecular flexibility index (Phi) is 6.15. The van der Waals surface area contributed by atoms with E-state index in [-0.39, 0.29) is 12.3 Å². The number of hydrazone groups is 1. The predicted octanol–water partition coefficient (Wildman–Crippen LogP) is 3.91. The average molecular weight is 426 g/mol. The molecule has 1 amide bonds. The lowest BCUT2D eigenvalue weighted by Crippen LogP contribution is -2.19. The van der Waals surface area contributed by atoms with E-state index in [0.717, 1.165) is 20.1 Å². The summed E-state index contributed by atoms with van der Waals surface area (Å²) in [6.07, 6.45) is 1.84. The number of nitrogens with one attached hydrogen (secondary N) is 1. The molecule has 6 heteroatoms. The number of benzene rings is 2. The summed E-state index contributed by atoms with van der Waals surface area (Å²) >= 11 is 6.83. The van der Waals surface area contributed by atoms with Gasteiger partial charge in [-0.1, -0.05) is 46.3 Å². The van der Waals surface area contributed by atoms with E-state index in [9.17, 15) is 4.79 Å². The standard InChI is InChI=1S/C16H14Br2N2O2/c1-22-16-12(8-13(17)9-14(16)18)10-19-20-15(21)7-11-5-3-2-4-6-11/h2-6,8-10H,7H2,1H3,(H,20,21)/b19-10+. The smallest absolute Gasteiger partial charge is 0.244 e. The highest BCUT2D eigenvalue weighted by atomic mass is 79.9. The molecule has 0 spiro atoms. The number of hydrogen-bond donors (Lipinski definition) is 1. The third-order valence-corrected chi connectivity index (χ3v) is 3.89. The van der Waals surface area contributed by atoms with Crippen LogP contribution in [-0.2, 0) is 11.2 Å². The summed E-state index contributed by atoms with van der Waals surface area (Å²) < 4.78 is 7.01. The highest BCUT2D eigenvalue weighted by Gasteiger charge is 2.07. The lowest BCUT2D eigenvalue weighted by Gasteiger charge is -2.07. The summed E-state index contributed by atoms with van der Waals surface area (Å²) in [5.41, 5.74) is 4.21. The Balaban J connectivity index is 2.02. The molecule has 0 aliphatic carbocycles. The number of rotatable bonds is 5. The second kappa shape index (κ2) is 8.10. The third kappa shape index (κ3) is 4.68. The van der Waals surface area contributed by atoms with Crippen molar-refractivity contribution >= 4 is 44.0 Å². The normalized spacial score (nSPS) is 10.7. The minimum Gasteiger partial charge on any atom is -0.495 e. The molecular formula is C16H14Br2N2O2. The zero-order valence-corrected chi connectivity index (χ0v) is 15.0. The fourth-order valence-electron chi connectivity index (χ4n) is 1.89. The van der Waals surface area contributed by atoms with Crippen molar-refractivity contribution in [3.8, 4) is 5.75 Å². The van der Waals surface area contributed by atoms with Crippen LogP contribution in [-0.4, -0.2) is 19.2 Å². The molecule has 0 unspecified atom stereocenters. The Bertz CT molecular complexity index is 688. The van der Waals surface area contributed by atoms with Crippen LogP contribution in [0, 0.1) is 0 Å². The largest absolute Gasteiger partial charge is 0.495 e. The van der Waals surface area contributed by atoms with E-state index in [2.05, 4.69) is 42.4 Å². The summed E-state index contributed by atoms with van der Waals surface area (Å²) in [6.45, 7) is 0. The highest BCUT2D eigenvalue weighted by molar-refractivity contribution is 9.11. The number of carbonyl (C=O) groups is 1. The molecule has 114 valence electrons. The molecule has 0 radical (unpaired) electrons. The van der Waals surface area contributed by atoms with Crippen LogP contribution < -0.4 is 10.2 Å². The minimum atomic E-state index is -0.171. The van der Waals surface area contributed by atoms with Crippen LogP contribution in [0.3, 0.4) is 0 Å². The predicted molar refractivity (Wildman–Crippen MR) is 94.3 cm³/mol. The van der Waals surface area contributed by atoms with Crippen molar-refractivity contribution in [2.75, 3.05) is 7.11 Å². The van der Waals surface area contributed by atoms with Gasteiger partial charge in [0.2, 0.25) is 5.91 Å². The maximum atomic E-state index is 11.8. The number of methoxy groups -OCH3 is 1. The van der Waals surface area contributed by atoms with Crippen LogP contribution >= 0.6 is 31.9 Å². The molecule has 4 nitrogen and oxygen atoms in total. The Morgan fingerprint density at radius 2 is 2.00 bits per heavy atom. The Morgan fingerprint density at radius 3 is 2.68 bits per heavy atom. The second-order valence-corrected chi connectivity index (χ2v) is 6.24. The number of carbonyl (C=O) groups excluding carboxylic acids is 1. The summed E-state index contributed by atoms with van der Waals surface area (Å²) in [5.74, 6) is 0.486. The molecule has 2 aromatic carbocycles. The van der Waals surface area contributed by atoms with Gasteiger partial charge in [-0.2, -0.15) is 5.10 Å². The molecule has 0 saturated carbocycles. The summed E-state index contributed by atoms with van der Waals surface area (Å²) in [5, 5.41) is 3.98. The van der Waals surface area contributed by atoms with Crippen LogP contribution in [0.25, 0.3) is 0 Å². The average Bonchev–Trinajstić information content (AvgIpc) is 2.48. The molecule has 22 heavy (non-hydrogen) atoms. The van der Waals surface area contributed by atoms with Crippen molar-refractivity contribution in [1.82, 2.24) is 5.43 Å². The van der Waals surface area contributed by atoms with Gasteiger partial charge >= 0.3 is 0 Å². The van der Waals surface area contributed by atoms with Crippen LogP contribution in [0.2, 0.25) is 0 Å². The van der Waals surface area contributed by atoms with E-state index in [1.54, 1.807) is 13.3 Å². The first-order chi connectivity index (χ1) is 10.6. The first-order valence-corrected chi connectivity index (χ1v) is 8.07. The van der Waals surface area contributed by atoms with E-state index >= 15 is 0 Å². The van der Waals surface area contributed by atoms with Gasteiger partial charge in [0, 0.05) is 10.0 Å². The van der Waals surface area contributed by atoms with Crippen LogP contribution in [0.4, 0.5) is 0 Å². The lowest BCUT2D eigenvalue weighted by atomic mass is 10.1. The molecule has 0 heterocycles. The van der Waals surface area contributed by atoms with Gasteiger partial charge in [-0.3, -0.25) is 4.79 Å². The van der Waals surface area contributed by atoms with Gasteiger partial charge in [-0.25, -0.2) is 5.43 Å². The quantitative estimate of drug-likeness (QED) is 0.583. The molecule has 0 aromatic heterocycles. The number of halogens is 2. The summed E-state index contributed by atoms with van der Waals surface area (Å²) in [6, 6.07) is 13.2. The SMILES string of the molecule is COc1c(Br)cc(Br)cc1/C=N/NC(=O)Cc1ccccc1. The Hall–Kier alpha value is -1.66. The summed E-state index contributed by atoms with van der Waals surface area (Å²) in [4.78, 5) is 11.8. The molecule has 0 aliphatic rings. The van der Waals surface area contributed by atoms with Crippen molar-refractivity contribution in [1.29, 1.82) is 0 Å². The maximum absolute atomic E-state index is 11.8. The monoisotopic (exact) mass is 424 g/mol. The van der Waals surface area contributed by atoms with Crippen LogP contribution in [0.5, 0.6) is 5.75 Å². The number of ether oxygens (including phenoxy) is 1. The zero-order chi connectivity index (χ0) is 15.9. The van der Waals surface area contributed by atoms with E-state index in [1.165, 1.54) is 0 Å². The Labute approximate surface area is 145 Å². The topological polar surface area (TPSA) is 50.7 Å². The van der Waals surface area contributed by atoms with Gasteiger partial charge < -0.3 is 4.74 Å². The van der Waals surface area contributed by atoms with E-state index < -0.39 is 0 Å². The summed E-state index contributed by atoms with van der Waals surface area (Å²) in [7, 11) is 1.58. The van der Waals surface area contributed by atoms with Gasteiger partial charge in [0.05, 0.1) is 24.2 Å². The molecular weight excluding hydrogens is 412 g/mol. The minimum absolute atomic E-state index is 0.171. The molecule has 0 fully saturated rings. The van der Waals surface area contributed by atoms with Gasteiger partial charge in [-0.15, -0.1) is 0 Å². The lowest BCUT2D eigenvalue weighted by molar-refractivity contribution is -0.120. The fourth-order valence-corrected chi connectivity index (χ4v) is 3.31. The first kappa shape index (κ1) is 16.7. The van der Waals surface area contributed by atoms with Gasteiger partial charge in [0.1, 0.15) is 5.75 Å². The number of amides is 1. The second-order valence-electron chi connectivity index (χ2n) is 4.47. The van der Waals surface area contributed by atoms with Crippen molar-refractivity contribution < 1.29 is 9.53 Å². The van der Waals surface area contributed by atoms with Crippen molar-refractivity contribution in [3.63, 3.8) is 0 Å². The van der Waals surface area contributed by atoms with Gasteiger partial charge in [0.25, 0.3) is 0 Å². The van der Waals surface area contributed by atoms with Crippen molar-refractivity contribution in [2.24, 2.45) is 5.10 Å². The Morgan fingerprint density at radius 1 is 1.27 bits per heavy atom. The fraction of sp³-hybridized carbons (Fsp3) is 0.125. The van der Waals surface area contributed by atoms with E-state index in [4.69, 9.17) is 4.74 Å². The molecule has 0 aliphatic heterocycles. The molecule has 0 saturated heterocycles. The zero-order valence-electron chi connectivity index (χ0n) is 11.8. The maximum Gasteiger partial charge on any atom is 0.244 e. The van der Waals surface area contributed by atoms with Crippen molar-refractivity contribution in [2.45, 2.75) is 6.42 Å². The molecule has 0 bridgehead atoms. The van der Waals surface area contributed by atoms with Crippen LogP contribution in [0.15, 0.2) is 56.5 Å². The first-order valence-electron chi connectivity index (χ1n) is 6.49. The van der Waals surface area contributed by atoms with Crippen LogP contribution in [0.1, 0.15) is 11.1 Å². The van der Waals surface area contributed by atoms with E-state index in [1.807, 2.05) is 42.5 Å². The van der Waals surface area contributed by atoms with Gasteiger partial charge in [-0.05, 0) is 33.6 Å². The van der Waals surface area contributed by atoms with Gasteiger partial charge in [0.15, 0.2) is 0 Å². The number of hydrogen-bond acceptors (Lipinski definition) is 3. The molecule has 0 atom stereocenters. The van der Waals surface area contributed by atoms with E-state index in [0.29, 0.717) is 5.75 Å². The highest BCUT2D eigenvalue weighted by Crippen LogP contribution is 2.31. The molecule has 2 aromatic rings. The van der Waals surface area contributed by atoms with Crippen molar-refractivity contribution in [3.05, 3.63) is 62.5 Å². The molecule has 1 N–H and O–H groups in total.